The van der Waals surface area contributed by atoms with E-state index in [4.69, 9.17) is 5.73 Å². The van der Waals surface area contributed by atoms with Gasteiger partial charge >= 0.3 is 0 Å². The van der Waals surface area contributed by atoms with E-state index in [-0.39, 0.29) is 11.3 Å². The Morgan fingerprint density at radius 1 is 1.10 bits per heavy atom. The maximum absolute atomic E-state index is 12.2. The van der Waals surface area contributed by atoms with Gasteiger partial charge in [-0.2, -0.15) is 0 Å². The van der Waals surface area contributed by atoms with Crippen LogP contribution in [0.4, 0.5) is 11.4 Å². The number of nitrogens with two attached hydrogens (primary N) is 1. The fourth-order valence-electron chi connectivity index (χ4n) is 1.60. The van der Waals surface area contributed by atoms with Crippen molar-refractivity contribution in [2.45, 2.75) is 0 Å². The standard InChI is InChI=1S/C13H9Br3N2O2/c14-6-1-2-11(19)8(3-6)13(20)18-12-9(16)4-7(15)5-10(12)17/h1-5,19H,17H2,(H,18,20). The summed E-state index contributed by atoms with van der Waals surface area (Å²) in [6.07, 6.45) is 0. The van der Waals surface area contributed by atoms with Gasteiger partial charge in [-0.15, -0.1) is 0 Å². The van der Waals surface area contributed by atoms with Crippen LogP contribution in [-0.4, -0.2) is 11.0 Å². The number of carbonyl (C=O) groups is 1. The van der Waals surface area contributed by atoms with Crippen LogP contribution in [0.2, 0.25) is 0 Å². The summed E-state index contributed by atoms with van der Waals surface area (Å²) in [6, 6.07) is 8.08. The molecule has 0 spiro atoms. The number of nitrogens with one attached hydrogen (secondary N) is 1. The topological polar surface area (TPSA) is 75.3 Å². The van der Waals surface area contributed by atoms with E-state index >= 15 is 0 Å². The first kappa shape index (κ1) is 15.3. The molecule has 2 aromatic rings. The van der Waals surface area contributed by atoms with E-state index in [1.807, 2.05) is 0 Å². The minimum Gasteiger partial charge on any atom is -0.507 e. The van der Waals surface area contributed by atoms with Crippen LogP contribution < -0.4 is 11.1 Å². The van der Waals surface area contributed by atoms with Crippen LogP contribution in [0.15, 0.2) is 43.7 Å². The number of aromatic hydroxyl groups is 1. The fraction of sp³-hybridized carbons (Fsp3) is 0. The van der Waals surface area contributed by atoms with E-state index in [1.165, 1.54) is 12.1 Å². The van der Waals surface area contributed by atoms with Gasteiger partial charge in [0.2, 0.25) is 0 Å². The number of amides is 1. The molecule has 2 aromatic carbocycles. The van der Waals surface area contributed by atoms with Crippen LogP contribution in [0, 0.1) is 0 Å². The van der Waals surface area contributed by atoms with Gasteiger partial charge in [0, 0.05) is 13.4 Å². The number of nitrogen functional groups attached to an aromatic ring is 1. The normalized spacial score (nSPS) is 10.3. The maximum Gasteiger partial charge on any atom is 0.259 e. The zero-order valence-electron chi connectivity index (χ0n) is 9.95. The third-order valence-corrected chi connectivity index (χ3v) is 4.10. The molecule has 7 heteroatoms. The first-order valence-electron chi connectivity index (χ1n) is 5.43. The summed E-state index contributed by atoms with van der Waals surface area (Å²) < 4.78 is 2.14. The van der Waals surface area contributed by atoms with Gasteiger partial charge in [-0.3, -0.25) is 4.79 Å². The first-order valence-corrected chi connectivity index (χ1v) is 7.81. The number of benzene rings is 2. The Morgan fingerprint density at radius 2 is 1.80 bits per heavy atom. The van der Waals surface area contributed by atoms with Crippen molar-refractivity contribution < 1.29 is 9.90 Å². The van der Waals surface area contributed by atoms with E-state index in [1.54, 1.807) is 18.2 Å². The van der Waals surface area contributed by atoms with Gasteiger partial charge in [0.15, 0.2) is 0 Å². The summed E-state index contributed by atoms with van der Waals surface area (Å²) in [5.74, 6) is -0.545. The lowest BCUT2D eigenvalue weighted by atomic mass is 10.2. The Hall–Kier alpha value is -1.05. The predicted octanol–water partition coefficient (Wildman–Crippen LogP) is 4.51. The number of hydrogen-bond acceptors (Lipinski definition) is 3. The highest BCUT2D eigenvalue weighted by Crippen LogP contribution is 2.33. The summed E-state index contributed by atoms with van der Waals surface area (Å²) in [5, 5.41) is 12.4. The lowest BCUT2D eigenvalue weighted by molar-refractivity contribution is 0.102. The molecule has 104 valence electrons. The van der Waals surface area contributed by atoms with Gasteiger partial charge in [0.1, 0.15) is 5.75 Å². The number of anilines is 2. The van der Waals surface area contributed by atoms with Crippen molar-refractivity contribution in [2.24, 2.45) is 0 Å². The molecular weight excluding hydrogens is 456 g/mol. The van der Waals surface area contributed by atoms with Crippen LogP contribution in [0.1, 0.15) is 10.4 Å². The molecule has 0 radical (unpaired) electrons. The molecule has 0 bridgehead atoms. The van der Waals surface area contributed by atoms with Crippen LogP contribution in [0.5, 0.6) is 5.75 Å². The molecule has 4 N–H and O–H groups in total. The van der Waals surface area contributed by atoms with E-state index in [9.17, 15) is 9.90 Å². The van der Waals surface area contributed by atoms with Crippen molar-refractivity contribution in [3.8, 4) is 5.75 Å². The third kappa shape index (κ3) is 3.34. The molecule has 0 heterocycles. The van der Waals surface area contributed by atoms with Gasteiger partial charge in [0.05, 0.1) is 16.9 Å². The van der Waals surface area contributed by atoms with Crippen molar-refractivity contribution in [3.05, 3.63) is 49.3 Å². The minimum absolute atomic E-state index is 0.0995. The number of halogens is 3. The van der Waals surface area contributed by atoms with E-state index < -0.39 is 5.91 Å². The van der Waals surface area contributed by atoms with Gasteiger partial charge in [-0.05, 0) is 46.3 Å². The molecule has 0 saturated carbocycles. The summed E-state index contributed by atoms with van der Waals surface area (Å²) >= 11 is 9.90. The molecule has 0 aliphatic rings. The molecule has 0 atom stereocenters. The van der Waals surface area contributed by atoms with Gasteiger partial charge < -0.3 is 16.2 Å². The molecule has 4 nitrogen and oxygen atoms in total. The monoisotopic (exact) mass is 462 g/mol. The number of phenols is 1. The minimum atomic E-state index is -0.446. The Morgan fingerprint density at radius 3 is 2.45 bits per heavy atom. The maximum atomic E-state index is 12.2. The van der Waals surface area contributed by atoms with Crippen molar-refractivity contribution in [3.63, 3.8) is 0 Å². The lowest BCUT2D eigenvalue weighted by Gasteiger charge is -2.12. The van der Waals surface area contributed by atoms with Crippen molar-refractivity contribution in [1.29, 1.82) is 0 Å². The van der Waals surface area contributed by atoms with E-state index in [0.29, 0.717) is 20.3 Å². The first-order chi connectivity index (χ1) is 9.38. The summed E-state index contributed by atoms with van der Waals surface area (Å²) in [4.78, 5) is 12.2. The highest BCUT2D eigenvalue weighted by molar-refractivity contribution is 9.11. The smallest absolute Gasteiger partial charge is 0.259 e. The van der Waals surface area contributed by atoms with Crippen LogP contribution >= 0.6 is 47.8 Å². The number of phenolic OH excluding ortho intramolecular Hbond substituents is 1. The molecule has 0 saturated heterocycles. The van der Waals surface area contributed by atoms with Crippen molar-refractivity contribution >= 4 is 65.1 Å². The summed E-state index contributed by atoms with van der Waals surface area (Å²) in [7, 11) is 0. The number of hydrogen-bond donors (Lipinski definition) is 3. The second-order valence-electron chi connectivity index (χ2n) is 3.97. The molecule has 0 aliphatic carbocycles. The Kier molecular flexibility index (Phi) is 4.72. The molecule has 0 aromatic heterocycles. The quantitative estimate of drug-likeness (QED) is 0.572. The SMILES string of the molecule is Nc1cc(Br)cc(Br)c1NC(=O)c1cc(Br)ccc1O. The lowest BCUT2D eigenvalue weighted by Crippen LogP contribution is -2.14. The van der Waals surface area contributed by atoms with E-state index in [0.717, 1.165) is 4.47 Å². The predicted molar refractivity (Wildman–Crippen MR) is 90.0 cm³/mol. The van der Waals surface area contributed by atoms with Gasteiger partial charge in [-0.1, -0.05) is 31.9 Å². The Labute approximate surface area is 140 Å². The number of carbonyl (C=O) groups excluding carboxylic acids is 1. The molecule has 0 unspecified atom stereocenters. The largest absolute Gasteiger partial charge is 0.507 e. The highest BCUT2D eigenvalue weighted by atomic mass is 79.9. The second kappa shape index (κ2) is 6.15. The Balaban J connectivity index is 2.35. The van der Waals surface area contributed by atoms with Crippen molar-refractivity contribution in [1.82, 2.24) is 0 Å². The molecule has 0 aliphatic heterocycles. The van der Waals surface area contributed by atoms with Crippen LogP contribution in [0.25, 0.3) is 0 Å². The second-order valence-corrected chi connectivity index (χ2v) is 6.65. The molecule has 2 rings (SSSR count). The molecule has 20 heavy (non-hydrogen) atoms. The average Bonchev–Trinajstić information content (AvgIpc) is 2.36. The summed E-state index contributed by atoms with van der Waals surface area (Å²) in [5.41, 5.74) is 6.90. The highest BCUT2D eigenvalue weighted by Gasteiger charge is 2.15. The average molecular weight is 465 g/mol. The molecular formula is C13H9Br3N2O2. The van der Waals surface area contributed by atoms with Crippen molar-refractivity contribution in [2.75, 3.05) is 11.1 Å². The number of rotatable bonds is 2. The van der Waals surface area contributed by atoms with Crippen LogP contribution in [-0.2, 0) is 0 Å². The molecule has 0 fully saturated rings. The zero-order valence-corrected chi connectivity index (χ0v) is 14.7. The van der Waals surface area contributed by atoms with Gasteiger partial charge in [0.25, 0.3) is 5.91 Å². The molecule has 1 amide bonds. The van der Waals surface area contributed by atoms with Crippen LogP contribution in [0.3, 0.4) is 0 Å². The summed E-state index contributed by atoms with van der Waals surface area (Å²) in [6.45, 7) is 0. The third-order valence-electron chi connectivity index (χ3n) is 2.53. The fourth-order valence-corrected chi connectivity index (χ4v) is 3.31. The van der Waals surface area contributed by atoms with E-state index in [2.05, 4.69) is 53.1 Å². The van der Waals surface area contributed by atoms with Gasteiger partial charge in [-0.25, -0.2) is 0 Å². The Bertz CT molecular complexity index is 666. The zero-order chi connectivity index (χ0) is 14.9.